The predicted octanol–water partition coefficient (Wildman–Crippen LogP) is 2.63. The maximum Gasteiger partial charge on any atom is 0.335 e. The van der Waals surface area contributed by atoms with Gasteiger partial charge in [-0.1, -0.05) is 23.7 Å². The minimum Gasteiger partial charge on any atom is -0.319 e. The van der Waals surface area contributed by atoms with E-state index in [0.717, 1.165) is 30.0 Å². The molecule has 0 unspecified atom stereocenters. The minimum absolute atomic E-state index is 0.522. The summed E-state index contributed by atoms with van der Waals surface area (Å²) in [6.45, 7) is 0.824. The molecule has 1 aliphatic rings. The Morgan fingerprint density at radius 2 is 1.97 bits per heavy atom. The summed E-state index contributed by atoms with van der Waals surface area (Å²) in [7, 11) is 1.92. The number of likely N-dealkylation sites (N-methyl/N-ethyl adjacent to an activating group) is 1. The highest BCUT2D eigenvalue weighted by atomic mass is 35.5. The average molecular weight is 434 g/mol. The van der Waals surface area contributed by atoms with Crippen LogP contribution in [-0.4, -0.2) is 47.2 Å². The molecule has 1 fully saturated rings. The van der Waals surface area contributed by atoms with Gasteiger partial charge < -0.3 is 10.6 Å². The Hall–Kier alpha value is -2.69. The standard InChI is InChI=1S/C18H20ClN7.O2S/c1-20-9-8-12-10-15(23-18-24-16(25-26-18)11-6-7-11)22-17(21-12)13-4-2-3-5-14(13)19;1-3-2/h2-5,10-11,20H,6-9H2,1H3,(H2,21,22,23,24,25,26);. The van der Waals surface area contributed by atoms with Crippen molar-refractivity contribution in [3.05, 3.63) is 46.9 Å². The summed E-state index contributed by atoms with van der Waals surface area (Å²) in [6, 6.07) is 9.50. The van der Waals surface area contributed by atoms with Gasteiger partial charge in [-0.05, 0) is 32.0 Å². The first-order valence-electron chi connectivity index (χ1n) is 9.03. The summed E-state index contributed by atoms with van der Waals surface area (Å²) in [6.07, 6.45) is 3.13. The van der Waals surface area contributed by atoms with Gasteiger partial charge in [-0.15, -0.1) is 5.10 Å². The van der Waals surface area contributed by atoms with Crippen LogP contribution in [0.1, 0.15) is 30.3 Å². The molecule has 9 nitrogen and oxygen atoms in total. The third-order valence-corrected chi connectivity index (χ3v) is 4.56. The first kappa shape index (κ1) is 21.0. The number of anilines is 2. The lowest BCUT2D eigenvalue weighted by Gasteiger charge is -2.09. The third-order valence-electron chi connectivity index (χ3n) is 4.23. The van der Waals surface area contributed by atoms with Gasteiger partial charge in [0.25, 0.3) is 0 Å². The molecule has 0 amide bonds. The monoisotopic (exact) mass is 433 g/mol. The molecule has 0 saturated heterocycles. The Kier molecular flexibility index (Phi) is 7.39. The number of nitrogens with one attached hydrogen (secondary N) is 3. The Bertz CT molecular complexity index is 1000. The van der Waals surface area contributed by atoms with Crippen molar-refractivity contribution < 1.29 is 8.42 Å². The fourth-order valence-corrected chi connectivity index (χ4v) is 2.91. The lowest BCUT2D eigenvalue weighted by molar-refractivity contribution is 0.630. The summed E-state index contributed by atoms with van der Waals surface area (Å²) in [5, 5.41) is 14.2. The molecule has 1 aliphatic carbocycles. The van der Waals surface area contributed by atoms with E-state index in [1.165, 1.54) is 12.8 Å². The molecule has 0 aliphatic heterocycles. The van der Waals surface area contributed by atoms with Crippen molar-refractivity contribution in [2.75, 3.05) is 18.9 Å². The molecule has 0 radical (unpaired) electrons. The van der Waals surface area contributed by atoms with E-state index in [0.29, 0.717) is 28.5 Å². The Morgan fingerprint density at radius 3 is 2.66 bits per heavy atom. The number of aromatic nitrogens is 5. The number of hydrogen-bond donors (Lipinski definition) is 3. The van der Waals surface area contributed by atoms with Gasteiger partial charge in [0, 0.05) is 36.2 Å². The number of rotatable bonds is 7. The second kappa shape index (κ2) is 10.2. The van der Waals surface area contributed by atoms with E-state index >= 15 is 0 Å². The normalized spacial score (nSPS) is 12.8. The maximum atomic E-state index is 8.29. The Labute approximate surface area is 176 Å². The maximum absolute atomic E-state index is 8.29. The number of hydrogen-bond acceptors (Lipinski definition) is 8. The van der Waals surface area contributed by atoms with E-state index in [-0.39, 0.29) is 0 Å². The van der Waals surface area contributed by atoms with Gasteiger partial charge in [0.2, 0.25) is 5.95 Å². The molecular weight excluding hydrogens is 414 g/mol. The molecule has 29 heavy (non-hydrogen) atoms. The number of H-pyrrole nitrogens is 1. The molecule has 4 rings (SSSR count). The van der Waals surface area contributed by atoms with Crippen LogP contribution in [0, 0.1) is 0 Å². The van der Waals surface area contributed by atoms with E-state index in [4.69, 9.17) is 20.0 Å². The van der Waals surface area contributed by atoms with Gasteiger partial charge >= 0.3 is 11.6 Å². The van der Waals surface area contributed by atoms with E-state index in [1.807, 2.05) is 37.4 Å². The van der Waals surface area contributed by atoms with Crippen LogP contribution in [0.3, 0.4) is 0 Å². The highest BCUT2D eigenvalue weighted by Crippen LogP contribution is 2.38. The molecule has 3 N–H and O–H groups in total. The zero-order chi connectivity index (χ0) is 20.6. The average Bonchev–Trinajstić information content (AvgIpc) is 3.47. The molecule has 11 heteroatoms. The van der Waals surface area contributed by atoms with Crippen LogP contribution in [0.5, 0.6) is 0 Å². The van der Waals surface area contributed by atoms with Gasteiger partial charge in [0.15, 0.2) is 5.82 Å². The quantitative estimate of drug-likeness (QED) is 0.519. The molecule has 0 atom stereocenters. The molecule has 2 aromatic heterocycles. The molecule has 1 saturated carbocycles. The van der Waals surface area contributed by atoms with Crippen LogP contribution >= 0.6 is 11.6 Å². The van der Waals surface area contributed by atoms with Crippen LogP contribution in [-0.2, 0) is 18.0 Å². The Morgan fingerprint density at radius 1 is 1.21 bits per heavy atom. The lowest BCUT2D eigenvalue weighted by Crippen LogP contribution is -2.12. The SMILES string of the molecule is CNCCc1cc(Nc2n[nH]c(C3CC3)n2)nc(-c2ccccc2Cl)n1.O=S=O. The molecule has 0 spiro atoms. The number of nitrogens with zero attached hydrogens (tertiary/aromatic N) is 4. The number of aromatic amines is 1. The lowest BCUT2D eigenvalue weighted by atomic mass is 10.2. The van der Waals surface area contributed by atoms with E-state index in [2.05, 4.69) is 35.8 Å². The van der Waals surface area contributed by atoms with Crippen molar-refractivity contribution in [1.82, 2.24) is 30.5 Å². The summed E-state index contributed by atoms with van der Waals surface area (Å²) < 4.78 is 16.6. The van der Waals surface area contributed by atoms with E-state index in [1.54, 1.807) is 0 Å². The summed E-state index contributed by atoms with van der Waals surface area (Å²) in [4.78, 5) is 13.8. The van der Waals surface area contributed by atoms with Crippen LogP contribution in [0.2, 0.25) is 5.02 Å². The molecule has 2 heterocycles. The van der Waals surface area contributed by atoms with Crippen molar-refractivity contribution in [2.24, 2.45) is 0 Å². The first-order chi connectivity index (χ1) is 14.1. The van der Waals surface area contributed by atoms with Crippen LogP contribution in [0.25, 0.3) is 11.4 Å². The van der Waals surface area contributed by atoms with E-state index < -0.39 is 11.6 Å². The summed E-state index contributed by atoms with van der Waals surface area (Å²) in [5.41, 5.74) is 1.72. The first-order valence-corrected chi connectivity index (χ1v) is 10.1. The third kappa shape index (κ3) is 5.89. The van der Waals surface area contributed by atoms with Crippen LogP contribution in [0.4, 0.5) is 11.8 Å². The predicted molar refractivity (Wildman–Crippen MR) is 111 cm³/mol. The second-order valence-electron chi connectivity index (χ2n) is 6.41. The van der Waals surface area contributed by atoms with Gasteiger partial charge in [-0.3, -0.25) is 5.10 Å². The smallest absolute Gasteiger partial charge is 0.319 e. The largest absolute Gasteiger partial charge is 0.335 e. The highest BCUT2D eigenvalue weighted by molar-refractivity contribution is 7.51. The zero-order valence-corrected chi connectivity index (χ0v) is 17.3. The van der Waals surface area contributed by atoms with Gasteiger partial charge in [0.05, 0.1) is 5.02 Å². The van der Waals surface area contributed by atoms with Crippen molar-refractivity contribution >= 4 is 34.9 Å². The fourth-order valence-electron chi connectivity index (χ4n) is 2.69. The Balaban J connectivity index is 0.000000755. The highest BCUT2D eigenvalue weighted by Gasteiger charge is 2.27. The number of benzene rings is 1. The van der Waals surface area contributed by atoms with Crippen molar-refractivity contribution in [3.8, 4) is 11.4 Å². The van der Waals surface area contributed by atoms with Gasteiger partial charge in [-0.25, -0.2) is 9.97 Å². The molecule has 3 aromatic rings. The zero-order valence-electron chi connectivity index (χ0n) is 15.7. The summed E-state index contributed by atoms with van der Waals surface area (Å²) in [5.74, 6) is 3.22. The van der Waals surface area contributed by atoms with Gasteiger partial charge in [-0.2, -0.15) is 13.4 Å². The molecular formula is C18H20ClN7O2S. The van der Waals surface area contributed by atoms with Crippen molar-refractivity contribution in [1.29, 1.82) is 0 Å². The second-order valence-corrected chi connectivity index (χ2v) is 6.96. The molecule has 0 bridgehead atoms. The fraction of sp³-hybridized carbons (Fsp3) is 0.333. The van der Waals surface area contributed by atoms with Crippen molar-refractivity contribution in [3.63, 3.8) is 0 Å². The summed E-state index contributed by atoms with van der Waals surface area (Å²) >= 11 is 5.58. The number of halogens is 1. The van der Waals surface area contributed by atoms with Crippen LogP contribution in [0.15, 0.2) is 30.3 Å². The van der Waals surface area contributed by atoms with Gasteiger partial charge in [0.1, 0.15) is 11.6 Å². The van der Waals surface area contributed by atoms with Crippen LogP contribution < -0.4 is 10.6 Å². The molecule has 1 aromatic carbocycles. The topological polar surface area (TPSA) is 126 Å². The van der Waals surface area contributed by atoms with E-state index in [9.17, 15) is 0 Å². The van der Waals surface area contributed by atoms with Crippen molar-refractivity contribution in [2.45, 2.75) is 25.2 Å². The molecule has 152 valence electrons. The minimum atomic E-state index is -0.750.